The lowest BCUT2D eigenvalue weighted by molar-refractivity contribution is -0.121. The van der Waals surface area contributed by atoms with Crippen molar-refractivity contribution in [1.29, 1.82) is 0 Å². The number of carbonyl (C=O) groups is 2. The summed E-state index contributed by atoms with van der Waals surface area (Å²) in [5, 5.41) is 6.01. The normalized spacial score (nSPS) is 16.5. The van der Waals surface area contributed by atoms with Crippen molar-refractivity contribution in [3.05, 3.63) is 54.2 Å². The average Bonchev–Trinajstić information content (AvgIpc) is 3.51. The fraction of sp³-hybridized carbons (Fsp3) is 0.464. The first-order valence-corrected chi connectivity index (χ1v) is 13.8. The van der Waals surface area contributed by atoms with Crippen LogP contribution in [0.1, 0.15) is 31.0 Å². The second-order valence-electron chi connectivity index (χ2n) is 9.94. The van der Waals surface area contributed by atoms with Crippen molar-refractivity contribution >= 4 is 17.8 Å². The number of imidazole rings is 1. The van der Waals surface area contributed by atoms with Crippen LogP contribution in [0.5, 0.6) is 11.5 Å². The van der Waals surface area contributed by atoms with E-state index in [0.29, 0.717) is 58.3 Å². The van der Waals surface area contributed by atoms with E-state index in [1.807, 2.05) is 38.1 Å². The van der Waals surface area contributed by atoms with E-state index in [1.165, 1.54) is 0 Å². The van der Waals surface area contributed by atoms with Crippen LogP contribution in [0.25, 0.3) is 5.95 Å². The van der Waals surface area contributed by atoms with Crippen LogP contribution in [0.15, 0.2) is 43.0 Å². The molecule has 3 aromatic rings. The summed E-state index contributed by atoms with van der Waals surface area (Å²) in [6.45, 7) is 7.62. The number of ether oxygens (including phenoxy) is 2. The smallest absolute Gasteiger partial charge is 0.317 e. The van der Waals surface area contributed by atoms with Crippen molar-refractivity contribution in [2.75, 3.05) is 50.8 Å². The summed E-state index contributed by atoms with van der Waals surface area (Å²) < 4.78 is 13.0. The summed E-state index contributed by atoms with van der Waals surface area (Å²) in [6.07, 6.45) is 6.88. The van der Waals surface area contributed by atoms with E-state index in [2.05, 4.69) is 25.5 Å². The van der Waals surface area contributed by atoms with Gasteiger partial charge in [0.05, 0.1) is 6.04 Å². The molecule has 40 heavy (non-hydrogen) atoms. The van der Waals surface area contributed by atoms with Crippen molar-refractivity contribution in [3.63, 3.8) is 0 Å². The maximum Gasteiger partial charge on any atom is 0.317 e. The molecule has 1 unspecified atom stereocenters. The SMILES string of the molecule is CCCNC(=O)N1CCN(c2cc(C)nc(-n3ccnc3)n2)C(CC(=O)NCCc2ccc3c(c2)OCCO3)C1. The van der Waals surface area contributed by atoms with Crippen LogP contribution >= 0.6 is 0 Å². The first-order chi connectivity index (χ1) is 19.5. The van der Waals surface area contributed by atoms with E-state index < -0.39 is 0 Å². The second-order valence-corrected chi connectivity index (χ2v) is 9.94. The van der Waals surface area contributed by atoms with E-state index in [1.54, 1.807) is 28.2 Å². The highest BCUT2D eigenvalue weighted by atomic mass is 16.6. The molecule has 5 rings (SSSR count). The largest absolute Gasteiger partial charge is 0.486 e. The fourth-order valence-corrected chi connectivity index (χ4v) is 4.91. The molecule has 1 fully saturated rings. The number of hydrogen-bond donors (Lipinski definition) is 2. The summed E-state index contributed by atoms with van der Waals surface area (Å²) in [7, 11) is 0. The van der Waals surface area contributed by atoms with Gasteiger partial charge in [-0.1, -0.05) is 13.0 Å². The molecule has 12 nitrogen and oxygen atoms in total. The molecule has 0 aliphatic carbocycles. The Morgan fingerprint density at radius 1 is 1.05 bits per heavy atom. The molecule has 1 atom stereocenters. The monoisotopic (exact) mass is 548 g/mol. The standard InChI is InChI=1S/C28H36N8O4/c1-3-7-31-28(38)34-11-12-36(25-15-20(2)32-27(33-25)35-10-9-29-19-35)22(18-34)17-26(37)30-8-6-21-4-5-23-24(16-21)40-14-13-39-23/h4-5,9-10,15-16,19,22H,3,6-8,11-14,17-18H2,1-2H3,(H,30,37)(H,31,38). The molecule has 2 aliphatic rings. The van der Waals surface area contributed by atoms with Gasteiger partial charge in [0.2, 0.25) is 11.9 Å². The first-order valence-electron chi connectivity index (χ1n) is 13.8. The Labute approximate surface area is 233 Å². The number of rotatable bonds is 9. The topological polar surface area (TPSA) is 127 Å². The molecule has 4 heterocycles. The highest BCUT2D eigenvalue weighted by Gasteiger charge is 2.32. The Balaban J connectivity index is 1.26. The van der Waals surface area contributed by atoms with Crippen LogP contribution in [0.3, 0.4) is 0 Å². The number of amides is 3. The van der Waals surface area contributed by atoms with Gasteiger partial charge in [-0.3, -0.25) is 9.36 Å². The Bertz CT molecular complexity index is 1320. The molecule has 3 amide bonds. The second kappa shape index (κ2) is 12.7. The van der Waals surface area contributed by atoms with Crippen LogP contribution < -0.4 is 25.0 Å². The van der Waals surface area contributed by atoms with E-state index in [9.17, 15) is 9.59 Å². The van der Waals surface area contributed by atoms with Gasteiger partial charge >= 0.3 is 6.03 Å². The lowest BCUT2D eigenvalue weighted by Gasteiger charge is -2.42. The molecule has 2 aromatic heterocycles. The predicted molar refractivity (Wildman–Crippen MR) is 149 cm³/mol. The average molecular weight is 549 g/mol. The van der Waals surface area contributed by atoms with Crippen molar-refractivity contribution < 1.29 is 19.1 Å². The number of fused-ring (bicyclic) bond motifs is 1. The van der Waals surface area contributed by atoms with E-state index in [-0.39, 0.29) is 24.4 Å². The molecule has 0 bridgehead atoms. The van der Waals surface area contributed by atoms with Crippen LogP contribution in [-0.4, -0.2) is 88.3 Å². The summed E-state index contributed by atoms with van der Waals surface area (Å²) in [4.78, 5) is 43.2. The van der Waals surface area contributed by atoms with Gasteiger partial charge in [0.15, 0.2) is 11.5 Å². The zero-order valence-electron chi connectivity index (χ0n) is 23.0. The molecule has 212 valence electrons. The lowest BCUT2D eigenvalue weighted by atomic mass is 10.1. The molecule has 2 N–H and O–H groups in total. The Kier molecular flexibility index (Phi) is 8.62. The molecular formula is C28H36N8O4. The lowest BCUT2D eigenvalue weighted by Crippen LogP contribution is -2.58. The summed E-state index contributed by atoms with van der Waals surface area (Å²) in [6, 6.07) is 7.42. The van der Waals surface area contributed by atoms with Gasteiger partial charge in [0.25, 0.3) is 0 Å². The number of nitrogens with zero attached hydrogens (tertiary/aromatic N) is 6. The van der Waals surface area contributed by atoms with Gasteiger partial charge in [-0.15, -0.1) is 0 Å². The number of benzene rings is 1. The third-order valence-electron chi connectivity index (χ3n) is 6.92. The van der Waals surface area contributed by atoms with Gasteiger partial charge < -0.3 is 29.9 Å². The summed E-state index contributed by atoms with van der Waals surface area (Å²) in [5.41, 5.74) is 1.87. The van der Waals surface area contributed by atoms with E-state index in [4.69, 9.17) is 14.5 Å². The van der Waals surface area contributed by atoms with Crippen LogP contribution in [0, 0.1) is 6.92 Å². The number of anilines is 1. The molecule has 1 saturated heterocycles. The van der Waals surface area contributed by atoms with Gasteiger partial charge in [-0.05, 0) is 37.5 Å². The van der Waals surface area contributed by atoms with E-state index >= 15 is 0 Å². The molecule has 1 aromatic carbocycles. The minimum atomic E-state index is -0.250. The number of urea groups is 1. The molecule has 2 aliphatic heterocycles. The van der Waals surface area contributed by atoms with Gasteiger partial charge in [-0.2, -0.15) is 4.98 Å². The maximum atomic E-state index is 13.1. The number of carbonyl (C=O) groups excluding carboxylic acids is 2. The first kappa shape index (κ1) is 27.2. The molecule has 0 radical (unpaired) electrons. The fourth-order valence-electron chi connectivity index (χ4n) is 4.91. The maximum absolute atomic E-state index is 13.1. The van der Waals surface area contributed by atoms with Crippen LogP contribution in [-0.2, 0) is 11.2 Å². The minimum absolute atomic E-state index is 0.0797. The van der Waals surface area contributed by atoms with E-state index in [0.717, 1.165) is 35.0 Å². The third kappa shape index (κ3) is 6.61. The Morgan fingerprint density at radius 2 is 1.90 bits per heavy atom. The zero-order chi connectivity index (χ0) is 27.9. The highest BCUT2D eigenvalue weighted by Crippen LogP contribution is 2.30. The molecule has 0 saturated carbocycles. The highest BCUT2D eigenvalue weighted by molar-refractivity contribution is 5.78. The van der Waals surface area contributed by atoms with Gasteiger partial charge in [0, 0.05) is 63.3 Å². The van der Waals surface area contributed by atoms with Crippen molar-refractivity contribution in [3.8, 4) is 17.4 Å². The van der Waals surface area contributed by atoms with Crippen LogP contribution in [0.2, 0.25) is 0 Å². The predicted octanol–water partition coefficient (Wildman–Crippen LogP) is 2.10. The summed E-state index contributed by atoms with van der Waals surface area (Å²) >= 11 is 0. The Hall–Kier alpha value is -4.35. The number of aryl methyl sites for hydroxylation is 1. The number of piperazine rings is 1. The Morgan fingerprint density at radius 3 is 2.70 bits per heavy atom. The molecule has 12 heteroatoms. The van der Waals surface area contributed by atoms with Crippen molar-refractivity contribution in [1.82, 2.24) is 35.1 Å². The van der Waals surface area contributed by atoms with Gasteiger partial charge in [0.1, 0.15) is 25.4 Å². The van der Waals surface area contributed by atoms with Crippen molar-refractivity contribution in [2.24, 2.45) is 0 Å². The third-order valence-corrected chi connectivity index (χ3v) is 6.92. The molecular weight excluding hydrogens is 512 g/mol. The van der Waals surface area contributed by atoms with Gasteiger partial charge in [-0.25, -0.2) is 14.8 Å². The van der Waals surface area contributed by atoms with Crippen molar-refractivity contribution in [2.45, 2.75) is 39.2 Å². The number of aromatic nitrogens is 4. The number of hydrogen-bond acceptors (Lipinski definition) is 8. The molecule has 0 spiro atoms. The zero-order valence-corrected chi connectivity index (χ0v) is 23.0. The minimum Gasteiger partial charge on any atom is -0.486 e. The summed E-state index contributed by atoms with van der Waals surface area (Å²) in [5.74, 6) is 2.64. The number of nitrogens with one attached hydrogen (secondary N) is 2. The van der Waals surface area contributed by atoms with Crippen LogP contribution in [0.4, 0.5) is 10.6 Å². The quantitative estimate of drug-likeness (QED) is 0.416.